The molecule has 4 heteroatoms. The predicted octanol–water partition coefficient (Wildman–Crippen LogP) is 12.2. The lowest BCUT2D eigenvalue weighted by Gasteiger charge is -2.27. The van der Waals surface area contributed by atoms with E-state index in [9.17, 15) is 0 Å². The third-order valence-corrected chi connectivity index (χ3v) is 10.8. The highest BCUT2D eigenvalue weighted by molar-refractivity contribution is 6.05. The van der Waals surface area contributed by atoms with Crippen LogP contribution in [0.2, 0.25) is 0 Å². The minimum Gasteiger partial charge on any atom is -0.456 e. The largest absolute Gasteiger partial charge is 0.456 e. The molecule has 1 unspecified atom stereocenters. The standard InChI is InChI=1S/C49H31N3O/c1-3-14-33-27-36(25-23-30(33)11-1)47-50-48(37-26-24-31-12-2-4-15-34(31)28-37)52-49(51-47)41-21-10-22-43-44(41)42-29-35-16-6-8-19-39(35)45(46(42)53-43)40-20-9-17-32-13-5-7-18-38(32)40/h1-28,35H,29H2. The Hall–Kier alpha value is -6.91. The van der Waals surface area contributed by atoms with Gasteiger partial charge in [0.15, 0.2) is 17.5 Å². The van der Waals surface area contributed by atoms with E-state index in [1.165, 1.54) is 38.2 Å². The Balaban J connectivity index is 1.16. The molecule has 53 heavy (non-hydrogen) atoms. The van der Waals surface area contributed by atoms with Gasteiger partial charge in [-0.3, -0.25) is 0 Å². The molecule has 0 aliphatic heterocycles. The van der Waals surface area contributed by atoms with E-state index in [1.807, 2.05) is 0 Å². The van der Waals surface area contributed by atoms with Crippen LogP contribution in [0.4, 0.5) is 0 Å². The maximum atomic E-state index is 6.96. The van der Waals surface area contributed by atoms with Gasteiger partial charge in [0.05, 0.1) is 0 Å². The molecule has 4 nitrogen and oxygen atoms in total. The maximum Gasteiger partial charge on any atom is 0.164 e. The van der Waals surface area contributed by atoms with Crippen LogP contribution < -0.4 is 0 Å². The van der Waals surface area contributed by atoms with Crippen molar-refractivity contribution in [3.05, 3.63) is 192 Å². The molecule has 0 bridgehead atoms. The second-order valence-corrected chi connectivity index (χ2v) is 13.9. The van der Waals surface area contributed by atoms with Gasteiger partial charge in [0.2, 0.25) is 0 Å². The molecule has 0 saturated heterocycles. The van der Waals surface area contributed by atoms with Gasteiger partial charge in [-0.25, -0.2) is 15.0 Å². The van der Waals surface area contributed by atoms with Crippen molar-refractivity contribution in [2.75, 3.05) is 0 Å². The lowest BCUT2D eigenvalue weighted by atomic mass is 9.76. The first-order valence-corrected chi connectivity index (χ1v) is 18.1. The zero-order valence-electron chi connectivity index (χ0n) is 28.7. The molecule has 2 aromatic heterocycles. The highest BCUT2D eigenvalue weighted by atomic mass is 16.3. The molecular formula is C49H31N3O. The molecule has 2 aliphatic rings. The van der Waals surface area contributed by atoms with Gasteiger partial charge in [-0.05, 0) is 68.1 Å². The first kappa shape index (κ1) is 29.8. The predicted molar refractivity (Wildman–Crippen MR) is 216 cm³/mol. The van der Waals surface area contributed by atoms with Gasteiger partial charge >= 0.3 is 0 Å². The molecule has 0 fully saturated rings. The first-order valence-electron chi connectivity index (χ1n) is 18.1. The lowest BCUT2D eigenvalue weighted by Crippen LogP contribution is -2.15. The summed E-state index contributed by atoms with van der Waals surface area (Å²) in [5.74, 6) is 3.04. The Morgan fingerprint density at radius 1 is 0.509 bits per heavy atom. The number of benzene rings is 7. The molecule has 0 amide bonds. The number of allylic oxidation sites excluding steroid dienone is 5. The Bertz CT molecular complexity index is 2950. The van der Waals surface area contributed by atoms with Crippen LogP contribution in [-0.4, -0.2) is 15.0 Å². The smallest absolute Gasteiger partial charge is 0.164 e. The van der Waals surface area contributed by atoms with Crippen LogP contribution in [-0.2, 0) is 6.42 Å². The summed E-state index contributed by atoms with van der Waals surface area (Å²) in [6.45, 7) is 0. The van der Waals surface area contributed by atoms with Crippen molar-refractivity contribution in [3.63, 3.8) is 0 Å². The molecule has 0 radical (unpaired) electrons. The minimum absolute atomic E-state index is 0.218. The Kier molecular flexibility index (Phi) is 6.65. The molecule has 7 aromatic carbocycles. The zero-order chi connectivity index (χ0) is 34.9. The van der Waals surface area contributed by atoms with E-state index >= 15 is 0 Å². The number of nitrogens with zero attached hydrogens (tertiary/aromatic N) is 3. The molecule has 9 aromatic rings. The molecular weight excluding hydrogens is 647 g/mol. The van der Waals surface area contributed by atoms with E-state index < -0.39 is 0 Å². The number of hydrogen-bond acceptors (Lipinski definition) is 4. The van der Waals surface area contributed by atoms with Gasteiger partial charge in [-0.2, -0.15) is 0 Å². The highest BCUT2D eigenvalue weighted by Crippen LogP contribution is 2.48. The van der Waals surface area contributed by atoms with Gasteiger partial charge in [0.1, 0.15) is 11.3 Å². The van der Waals surface area contributed by atoms with E-state index in [2.05, 4.69) is 170 Å². The molecule has 2 heterocycles. The summed E-state index contributed by atoms with van der Waals surface area (Å²) >= 11 is 0. The Morgan fingerprint density at radius 3 is 1.85 bits per heavy atom. The molecule has 0 N–H and O–H groups in total. The number of aromatic nitrogens is 3. The van der Waals surface area contributed by atoms with E-state index in [4.69, 9.17) is 19.4 Å². The van der Waals surface area contributed by atoms with Gasteiger partial charge in [0.25, 0.3) is 0 Å². The third kappa shape index (κ3) is 4.87. The van der Waals surface area contributed by atoms with Crippen molar-refractivity contribution in [2.24, 2.45) is 5.92 Å². The van der Waals surface area contributed by atoms with Crippen molar-refractivity contribution in [1.82, 2.24) is 15.0 Å². The first-order chi connectivity index (χ1) is 26.2. The fourth-order valence-corrected chi connectivity index (χ4v) is 8.31. The van der Waals surface area contributed by atoms with Gasteiger partial charge in [-0.15, -0.1) is 0 Å². The zero-order valence-corrected chi connectivity index (χ0v) is 28.7. The normalized spacial score (nSPS) is 15.1. The molecule has 0 saturated carbocycles. The molecule has 0 spiro atoms. The van der Waals surface area contributed by atoms with Crippen LogP contribution in [0.1, 0.15) is 16.9 Å². The van der Waals surface area contributed by atoms with Crippen molar-refractivity contribution >= 4 is 48.9 Å². The van der Waals surface area contributed by atoms with Crippen molar-refractivity contribution in [1.29, 1.82) is 0 Å². The Morgan fingerprint density at radius 2 is 1.11 bits per heavy atom. The summed E-state index contributed by atoms with van der Waals surface area (Å²) in [5, 5.41) is 8.12. The SMILES string of the molecule is C1=CC2=C(c3cccc4ccccc34)c3oc4cccc(-c5nc(-c6ccc7ccccc7c6)nc(-c6ccc7ccccc7c6)n5)c4c3CC2C=C1. The molecule has 11 rings (SSSR count). The lowest BCUT2D eigenvalue weighted by molar-refractivity contribution is 0.581. The van der Waals surface area contributed by atoms with Crippen LogP contribution in [0.25, 0.3) is 83.0 Å². The average molecular weight is 678 g/mol. The van der Waals surface area contributed by atoms with Gasteiger partial charge in [0, 0.05) is 39.1 Å². The van der Waals surface area contributed by atoms with E-state index in [-0.39, 0.29) is 5.92 Å². The average Bonchev–Trinajstić information content (AvgIpc) is 3.60. The van der Waals surface area contributed by atoms with E-state index in [1.54, 1.807) is 0 Å². The van der Waals surface area contributed by atoms with Crippen LogP contribution in [0.15, 0.2) is 180 Å². The monoisotopic (exact) mass is 677 g/mol. The summed E-state index contributed by atoms with van der Waals surface area (Å²) in [5.41, 5.74) is 8.47. The van der Waals surface area contributed by atoms with Crippen LogP contribution in [0.3, 0.4) is 0 Å². The summed E-state index contributed by atoms with van der Waals surface area (Å²) in [6, 6.07) is 51.1. The van der Waals surface area contributed by atoms with Gasteiger partial charge in [-0.1, -0.05) is 152 Å². The second-order valence-electron chi connectivity index (χ2n) is 13.9. The van der Waals surface area contributed by atoms with Crippen LogP contribution in [0.5, 0.6) is 0 Å². The van der Waals surface area contributed by atoms with Crippen molar-refractivity contribution < 1.29 is 4.42 Å². The van der Waals surface area contributed by atoms with Gasteiger partial charge < -0.3 is 4.42 Å². The third-order valence-electron chi connectivity index (χ3n) is 10.8. The van der Waals surface area contributed by atoms with Crippen LogP contribution >= 0.6 is 0 Å². The van der Waals surface area contributed by atoms with Crippen LogP contribution in [0, 0.1) is 5.92 Å². The summed E-state index contributed by atoms with van der Waals surface area (Å²) in [7, 11) is 0. The highest BCUT2D eigenvalue weighted by Gasteiger charge is 2.33. The summed E-state index contributed by atoms with van der Waals surface area (Å²) < 4.78 is 6.96. The van der Waals surface area contributed by atoms with Crippen molar-refractivity contribution in [2.45, 2.75) is 6.42 Å². The number of furan rings is 1. The molecule has 2 aliphatic carbocycles. The number of hydrogen-bond donors (Lipinski definition) is 0. The topological polar surface area (TPSA) is 51.8 Å². The second kappa shape index (κ2) is 11.8. The molecule has 1 atom stereocenters. The minimum atomic E-state index is 0.218. The fourth-order valence-electron chi connectivity index (χ4n) is 8.31. The van der Waals surface area contributed by atoms with E-state index in [0.717, 1.165) is 56.2 Å². The Labute approximate surface area is 306 Å². The summed E-state index contributed by atoms with van der Waals surface area (Å²) in [6.07, 6.45) is 9.72. The quantitative estimate of drug-likeness (QED) is 0.186. The fraction of sp³-hybridized carbons (Fsp3) is 0.0408. The summed E-state index contributed by atoms with van der Waals surface area (Å²) in [4.78, 5) is 15.6. The number of fused-ring (bicyclic) bond motifs is 7. The van der Waals surface area contributed by atoms with Crippen molar-refractivity contribution in [3.8, 4) is 34.2 Å². The van der Waals surface area contributed by atoms with E-state index in [0.29, 0.717) is 17.5 Å². The molecule has 248 valence electrons. The maximum absolute atomic E-state index is 6.96. The number of rotatable bonds is 4.